The lowest BCUT2D eigenvalue weighted by Gasteiger charge is -2.08. The number of nitrogens with zero attached hydrogens (tertiary/aromatic N) is 3. The Bertz CT molecular complexity index is 547. The van der Waals surface area contributed by atoms with Crippen LogP contribution in [-0.2, 0) is 6.42 Å². The van der Waals surface area contributed by atoms with E-state index < -0.39 is 0 Å². The van der Waals surface area contributed by atoms with E-state index in [9.17, 15) is 4.79 Å². The van der Waals surface area contributed by atoms with Crippen LogP contribution in [0.15, 0.2) is 6.20 Å². The predicted molar refractivity (Wildman–Crippen MR) is 68.5 cm³/mol. The molecule has 2 aromatic rings. The Morgan fingerprint density at radius 1 is 1.61 bits per heavy atom. The molecule has 0 bridgehead atoms. The molecular formula is C11H15N5OS. The molecule has 2 heterocycles. The fourth-order valence-electron chi connectivity index (χ4n) is 1.45. The van der Waals surface area contributed by atoms with E-state index in [1.54, 1.807) is 17.5 Å². The summed E-state index contributed by atoms with van der Waals surface area (Å²) >= 11 is 1.57. The first-order valence-electron chi connectivity index (χ1n) is 5.74. The molecule has 0 saturated carbocycles. The average Bonchev–Trinajstić information content (AvgIpc) is 2.97. The molecule has 18 heavy (non-hydrogen) atoms. The number of nitrogens with one attached hydrogen (secondary N) is 2. The first-order valence-corrected chi connectivity index (χ1v) is 6.56. The van der Waals surface area contributed by atoms with Crippen LogP contribution in [0.4, 0.5) is 0 Å². The van der Waals surface area contributed by atoms with E-state index in [0.717, 1.165) is 16.3 Å². The molecule has 1 atom stereocenters. The first-order chi connectivity index (χ1) is 8.60. The molecule has 6 nitrogen and oxygen atoms in total. The van der Waals surface area contributed by atoms with E-state index in [-0.39, 0.29) is 17.8 Å². The Morgan fingerprint density at radius 2 is 2.39 bits per heavy atom. The highest BCUT2D eigenvalue weighted by Gasteiger charge is 2.17. The molecule has 2 rings (SSSR count). The third kappa shape index (κ3) is 2.73. The normalized spacial score (nSPS) is 12.4. The largest absolute Gasteiger partial charge is 0.340 e. The van der Waals surface area contributed by atoms with Gasteiger partial charge in [-0.25, -0.2) is 9.97 Å². The lowest BCUT2D eigenvalue weighted by atomic mass is 10.3. The summed E-state index contributed by atoms with van der Waals surface area (Å²) in [5, 5.41) is 10.3. The van der Waals surface area contributed by atoms with Crippen molar-refractivity contribution in [3.8, 4) is 0 Å². The molecule has 0 saturated heterocycles. The van der Waals surface area contributed by atoms with Crippen LogP contribution in [-0.4, -0.2) is 26.1 Å². The molecular weight excluding hydrogens is 250 g/mol. The highest BCUT2D eigenvalue weighted by molar-refractivity contribution is 7.11. The minimum atomic E-state index is -0.286. The van der Waals surface area contributed by atoms with Gasteiger partial charge in [-0.15, -0.1) is 16.4 Å². The monoisotopic (exact) mass is 265 g/mol. The van der Waals surface area contributed by atoms with Gasteiger partial charge in [0.2, 0.25) is 5.82 Å². The van der Waals surface area contributed by atoms with Crippen molar-refractivity contribution in [3.63, 3.8) is 0 Å². The van der Waals surface area contributed by atoms with Crippen molar-refractivity contribution in [1.82, 2.24) is 25.5 Å². The smallest absolute Gasteiger partial charge is 0.291 e. The summed E-state index contributed by atoms with van der Waals surface area (Å²) in [7, 11) is 0. The Balaban J connectivity index is 2.02. The van der Waals surface area contributed by atoms with E-state index in [4.69, 9.17) is 0 Å². The molecule has 1 unspecified atom stereocenters. The predicted octanol–water partition coefficient (Wildman–Crippen LogP) is 1.62. The Morgan fingerprint density at radius 3 is 2.94 bits per heavy atom. The zero-order valence-electron chi connectivity index (χ0n) is 10.5. The molecule has 2 N–H and O–H groups in total. The van der Waals surface area contributed by atoms with Gasteiger partial charge in [0, 0.05) is 17.5 Å². The van der Waals surface area contributed by atoms with Gasteiger partial charge in [0.25, 0.3) is 5.91 Å². The average molecular weight is 265 g/mol. The second kappa shape index (κ2) is 5.26. The lowest BCUT2D eigenvalue weighted by Crippen LogP contribution is -2.27. The summed E-state index contributed by atoms with van der Waals surface area (Å²) in [6.07, 6.45) is 2.52. The quantitative estimate of drug-likeness (QED) is 0.880. The topological polar surface area (TPSA) is 83.6 Å². The molecule has 0 fully saturated rings. The summed E-state index contributed by atoms with van der Waals surface area (Å²) in [6.45, 7) is 5.82. The van der Waals surface area contributed by atoms with Crippen molar-refractivity contribution in [2.45, 2.75) is 33.2 Å². The molecule has 0 radical (unpaired) electrons. The van der Waals surface area contributed by atoms with E-state index >= 15 is 0 Å². The SMILES string of the molecule is CCc1nc(C(=O)NC(C)c2ncc(C)s2)n[nH]1. The lowest BCUT2D eigenvalue weighted by molar-refractivity contribution is 0.0929. The molecule has 96 valence electrons. The number of thiazole rings is 1. The highest BCUT2D eigenvalue weighted by atomic mass is 32.1. The van der Waals surface area contributed by atoms with Crippen molar-refractivity contribution < 1.29 is 4.79 Å². The summed E-state index contributed by atoms with van der Waals surface area (Å²) in [4.78, 5) is 21.3. The minimum absolute atomic E-state index is 0.139. The van der Waals surface area contributed by atoms with Gasteiger partial charge in [-0.1, -0.05) is 6.92 Å². The van der Waals surface area contributed by atoms with Crippen LogP contribution in [0.25, 0.3) is 0 Å². The van der Waals surface area contributed by atoms with Crippen molar-refractivity contribution in [2.75, 3.05) is 0 Å². The third-order valence-electron chi connectivity index (χ3n) is 2.43. The first kappa shape index (κ1) is 12.7. The second-order valence-electron chi connectivity index (χ2n) is 3.96. The maximum atomic E-state index is 11.9. The van der Waals surface area contributed by atoms with Crippen LogP contribution in [0.1, 0.15) is 46.2 Å². The maximum Gasteiger partial charge on any atom is 0.291 e. The third-order valence-corrected chi connectivity index (χ3v) is 3.52. The number of hydrogen-bond acceptors (Lipinski definition) is 5. The van der Waals surface area contributed by atoms with Gasteiger partial charge >= 0.3 is 0 Å². The van der Waals surface area contributed by atoms with Gasteiger partial charge in [0.15, 0.2) is 0 Å². The standard InChI is InChI=1S/C11H15N5OS/c1-4-8-14-9(16-15-8)10(17)13-7(3)11-12-5-6(2)18-11/h5,7H,4H2,1-3H3,(H,13,17)(H,14,15,16). The Hall–Kier alpha value is -1.76. The number of carbonyl (C=O) groups excluding carboxylic acids is 1. The van der Waals surface area contributed by atoms with Crippen LogP contribution in [0.3, 0.4) is 0 Å². The molecule has 0 aliphatic rings. The fraction of sp³-hybridized carbons (Fsp3) is 0.455. The van der Waals surface area contributed by atoms with Crippen molar-refractivity contribution in [2.24, 2.45) is 0 Å². The van der Waals surface area contributed by atoms with E-state index in [1.807, 2.05) is 20.8 Å². The summed E-state index contributed by atoms with van der Waals surface area (Å²) in [5.41, 5.74) is 0. The highest BCUT2D eigenvalue weighted by Crippen LogP contribution is 2.18. The number of hydrogen-bond donors (Lipinski definition) is 2. The van der Waals surface area contributed by atoms with Crippen molar-refractivity contribution in [3.05, 3.63) is 27.7 Å². The van der Waals surface area contributed by atoms with E-state index in [1.165, 1.54) is 0 Å². The van der Waals surface area contributed by atoms with Gasteiger partial charge in [-0.05, 0) is 13.8 Å². The Kier molecular flexibility index (Phi) is 3.71. The molecule has 2 aromatic heterocycles. The van der Waals surface area contributed by atoms with Gasteiger partial charge < -0.3 is 5.32 Å². The fourth-order valence-corrected chi connectivity index (χ4v) is 2.23. The summed E-state index contributed by atoms with van der Waals surface area (Å²) in [5.74, 6) is 0.594. The van der Waals surface area contributed by atoms with Crippen LogP contribution in [0, 0.1) is 6.92 Å². The molecule has 0 aliphatic heterocycles. The number of rotatable bonds is 4. The van der Waals surface area contributed by atoms with Crippen molar-refractivity contribution in [1.29, 1.82) is 0 Å². The maximum absolute atomic E-state index is 11.9. The van der Waals surface area contributed by atoms with E-state index in [0.29, 0.717) is 5.82 Å². The number of aromatic nitrogens is 4. The van der Waals surface area contributed by atoms with Crippen LogP contribution in [0.2, 0.25) is 0 Å². The van der Waals surface area contributed by atoms with Crippen LogP contribution < -0.4 is 5.32 Å². The minimum Gasteiger partial charge on any atom is -0.340 e. The zero-order chi connectivity index (χ0) is 13.1. The Labute approximate surface area is 109 Å². The molecule has 7 heteroatoms. The van der Waals surface area contributed by atoms with Gasteiger partial charge in [-0.3, -0.25) is 9.89 Å². The number of carbonyl (C=O) groups is 1. The molecule has 1 amide bonds. The number of aryl methyl sites for hydroxylation is 2. The van der Waals surface area contributed by atoms with E-state index in [2.05, 4.69) is 25.5 Å². The van der Waals surface area contributed by atoms with Gasteiger partial charge in [-0.2, -0.15) is 0 Å². The van der Waals surface area contributed by atoms with Gasteiger partial charge in [0.05, 0.1) is 6.04 Å². The molecule has 0 spiro atoms. The summed E-state index contributed by atoms with van der Waals surface area (Å²) < 4.78 is 0. The summed E-state index contributed by atoms with van der Waals surface area (Å²) in [6, 6.07) is -0.139. The molecule has 0 aromatic carbocycles. The number of aromatic amines is 1. The number of amides is 1. The molecule has 0 aliphatic carbocycles. The van der Waals surface area contributed by atoms with Crippen LogP contribution >= 0.6 is 11.3 Å². The second-order valence-corrected chi connectivity index (χ2v) is 5.23. The van der Waals surface area contributed by atoms with Crippen LogP contribution in [0.5, 0.6) is 0 Å². The van der Waals surface area contributed by atoms with Gasteiger partial charge in [0.1, 0.15) is 10.8 Å². The van der Waals surface area contributed by atoms with Crippen molar-refractivity contribution >= 4 is 17.2 Å². The zero-order valence-corrected chi connectivity index (χ0v) is 11.3. The number of H-pyrrole nitrogens is 1.